The molecule has 0 aliphatic heterocycles. The van der Waals surface area contributed by atoms with Gasteiger partial charge in [-0.15, -0.1) is 17.5 Å². The number of anilines is 2. The summed E-state index contributed by atoms with van der Waals surface area (Å²) in [7, 11) is 1.73. The van der Waals surface area contributed by atoms with Crippen LogP contribution in [0.25, 0.3) is 0 Å². The first kappa shape index (κ1) is 31.7. The van der Waals surface area contributed by atoms with Crippen molar-refractivity contribution in [3.05, 3.63) is 70.0 Å². The van der Waals surface area contributed by atoms with Crippen LogP contribution in [0.1, 0.15) is 66.0 Å². The molecule has 0 bridgehead atoms. The molecule has 3 aromatic rings. The van der Waals surface area contributed by atoms with Crippen molar-refractivity contribution in [3.63, 3.8) is 0 Å². The van der Waals surface area contributed by atoms with Gasteiger partial charge in [-0.25, -0.2) is 4.98 Å². The predicted octanol–water partition coefficient (Wildman–Crippen LogP) is 5.90. The average molecular weight is 591 g/mol. The molecule has 0 saturated carbocycles. The molecule has 1 aliphatic carbocycles. The van der Waals surface area contributed by atoms with Gasteiger partial charge in [0.1, 0.15) is 6.33 Å². The van der Waals surface area contributed by atoms with E-state index in [1.807, 2.05) is 11.0 Å². The number of hydrogen-bond acceptors (Lipinski definition) is 6. The first-order valence-corrected chi connectivity index (χ1v) is 13.4. The summed E-state index contributed by atoms with van der Waals surface area (Å²) in [5, 5.41) is 22.8. The number of fused-ring (bicyclic) bond motifs is 1. The molecule has 1 N–H and O–H groups in total. The van der Waals surface area contributed by atoms with Crippen LogP contribution < -0.4 is 9.80 Å². The molecule has 0 spiro atoms. The number of aliphatic carboxylic acids is 1. The Morgan fingerprint density at radius 1 is 1.10 bits per heavy atom. The van der Waals surface area contributed by atoms with Gasteiger partial charge >= 0.3 is 12.1 Å². The topological polar surface area (TPSA) is 98.3 Å². The van der Waals surface area contributed by atoms with E-state index in [2.05, 4.69) is 34.0 Å². The molecule has 0 radical (unpaired) electrons. The Morgan fingerprint density at radius 2 is 1.83 bits per heavy atom. The molecule has 0 unspecified atom stereocenters. The normalized spacial score (nSPS) is 12.4. The number of halogens is 4. The Hall–Kier alpha value is -3.78. The van der Waals surface area contributed by atoms with Crippen LogP contribution in [-0.4, -0.2) is 38.9 Å². The van der Waals surface area contributed by atoms with Crippen LogP contribution in [0.15, 0.2) is 36.7 Å². The third-order valence-corrected chi connectivity index (χ3v) is 7.14. The summed E-state index contributed by atoms with van der Waals surface area (Å²) in [5.74, 6) is -0.441. The van der Waals surface area contributed by atoms with Crippen LogP contribution >= 0.6 is 12.4 Å². The molecule has 0 saturated heterocycles. The first-order valence-electron chi connectivity index (χ1n) is 13.4. The van der Waals surface area contributed by atoms with Gasteiger partial charge in [-0.05, 0) is 85.5 Å². The number of aromatic nitrogens is 3. The zero-order chi connectivity index (χ0) is 28.9. The molecule has 1 heterocycles. The largest absolute Gasteiger partial charge is 0.481 e. The van der Waals surface area contributed by atoms with E-state index < -0.39 is 17.7 Å². The number of unbranched alkanes of at least 4 members (excludes halogenated alkanes) is 1. The molecule has 0 amide bonds. The summed E-state index contributed by atoms with van der Waals surface area (Å²) in [4.78, 5) is 19.4. The molecule has 12 heteroatoms. The lowest BCUT2D eigenvalue weighted by Crippen LogP contribution is -2.29. The van der Waals surface area contributed by atoms with E-state index >= 15 is 0 Å². The lowest BCUT2D eigenvalue weighted by molar-refractivity contribution is -0.138. The fourth-order valence-corrected chi connectivity index (χ4v) is 5.22. The van der Waals surface area contributed by atoms with Crippen LogP contribution in [0, 0.1) is 11.3 Å². The Morgan fingerprint density at radius 3 is 2.44 bits per heavy atom. The summed E-state index contributed by atoms with van der Waals surface area (Å²) >= 11 is 0. The van der Waals surface area contributed by atoms with Gasteiger partial charge in [0.05, 0.1) is 17.2 Å². The van der Waals surface area contributed by atoms with Gasteiger partial charge in [-0.2, -0.15) is 18.4 Å². The van der Waals surface area contributed by atoms with Crippen molar-refractivity contribution in [1.82, 2.24) is 14.8 Å². The van der Waals surface area contributed by atoms with E-state index in [-0.39, 0.29) is 30.9 Å². The van der Waals surface area contributed by atoms with Crippen molar-refractivity contribution in [2.45, 2.75) is 64.7 Å². The van der Waals surface area contributed by atoms with E-state index in [0.717, 1.165) is 55.6 Å². The minimum atomic E-state index is -4.58. The maximum atomic E-state index is 13.6. The quantitative estimate of drug-likeness (QED) is 0.262. The molecule has 41 heavy (non-hydrogen) atoms. The Balaban J connectivity index is 0.00000462. The number of carbonyl (C=O) groups is 1. The number of rotatable bonds is 12. The van der Waals surface area contributed by atoms with Gasteiger partial charge in [-0.1, -0.05) is 6.07 Å². The van der Waals surface area contributed by atoms with Crippen molar-refractivity contribution in [2.24, 2.45) is 7.05 Å². The molecular formula is C29H34ClF3N6O2. The second-order valence-electron chi connectivity index (χ2n) is 10.1. The fraction of sp³-hybridized carbons (Fsp3) is 0.448. The van der Waals surface area contributed by atoms with Crippen molar-refractivity contribution in [3.8, 4) is 6.07 Å². The maximum absolute atomic E-state index is 13.6. The lowest BCUT2D eigenvalue weighted by Gasteiger charge is -2.30. The molecule has 0 atom stereocenters. The van der Waals surface area contributed by atoms with E-state index in [1.165, 1.54) is 17.2 Å². The van der Waals surface area contributed by atoms with Gasteiger partial charge in [0.15, 0.2) is 0 Å². The number of hydrogen-bond donors (Lipinski definition) is 1. The lowest BCUT2D eigenvalue weighted by atomic mass is 10.0. The monoisotopic (exact) mass is 590 g/mol. The molecule has 2 aromatic carbocycles. The zero-order valence-electron chi connectivity index (χ0n) is 23.1. The minimum absolute atomic E-state index is 0. The molecule has 4 rings (SSSR count). The van der Waals surface area contributed by atoms with Crippen molar-refractivity contribution >= 4 is 30.0 Å². The van der Waals surface area contributed by atoms with E-state index in [0.29, 0.717) is 31.0 Å². The molecular weight excluding hydrogens is 557 g/mol. The SMILES string of the molecule is CCN(CCCCC(=O)O)c1cc2c(cc1CN(Cc1cc(C#N)cc(C(F)(F)F)c1)c1ncn(C)n1)CCC2.Cl. The number of carboxylic acid groups (broad SMARTS) is 1. The minimum Gasteiger partial charge on any atom is -0.481 e. The number of alkyl halides is 3. The Labute approximate surface area is 243 Å². The summed E-state index contributed by atoms with van der Waals surface area (Å²) in [5.41, 5.74) is 3.99. The first-order chi connectivity index (χ1) is 19.1. The third kappa shape index (κ3) is 8.13. The van der Waals surface area contributed by atoms with Crippen molar-refractivity contribution < 1.29 is 23.1 Å². The van der Waals surface area contributed by atoms with Crippen LogP contribution in [0.5, 0.6) is 0 Å². The van der Waals surface area contributed by atoms with E-state index in [9.17, 15) is 23.2 Å². The highest BCUT2D eigenvalue weighted by atomic mass is 35.5. The van der Waals surface area contributed by atoms with Gasteiger partial charge in [-0.3, -0.25) is 9.48 Å². The van der Waals surface area contributed by atoms with Gasteiger partial charge in [0, 0.05) is 45.3 Å². The fourth-order valence-electron chi connectivity index (χ4n) is 5.22. The highest BCUT2D eigenvalue weighted by molar-refractivity contribution is 5.85. The zero-order valence-corrected chi connectivity index (χ0v) is 23.9. The Bertz CT molecular complexity index is 1400. The van der Waals surface area contributed by atoms with E-state index in [1.54, 1.807) is 18.1 Å². The average Bonchev–Trinajstić information content (AvgIpc) is 3.55. The number of carboxylic acids is 1. The molecule has 220 valence electrons. The maximum Gasteiger partial charge on any atom is 0.416 e. The van der Waals surface area contributed by atoms with Crippen LogP contribution in [0.2, 0.25) is 0 Å². The third-order valence-electron chi connectivity index (χ3n) is 7.14. The van der Waals surface area contributed by atoms with Gasteiger partial charge < -0.3 is 14.9 Å². The number of nitriles is 1. The summed E-state index contributed by atoms with van der Waals surface area (Å²) in [6, 6.07) is 9.62. The number of nitrogens with zero attached hydrogens (tertiary/aromatic N) is 6. The second kappa shape index (κ2) is 13.7. The smallest absolute Gasteiger partial charge is 0.416 e. The van der Waals surface area contributed by atoms with E-state index in [4.69, 9.17) is 5.11 Å². The van der Waals surface area contributed by atoms with Crippen LogP contribution in [0.4, 0.5) is 24.8 Å². The summed E-state index contributed by atoms with van der Waals surface area (Å²) in [6.07, 6.45) is 1.41. The van der Waals surface area contributed by atoms with Gasteiger partial charge in [0.2, 0.25) is 5.95 Å². The Kier molecular flexibility index (Phi) is 10.6. The van der Waals surface area contributed by atoms with Crippen molar-refractivity contribution in [1.29, 1.82) is 5.26 Å². The highest BCUT2D eigenvalue weighted by Crippen LogP contribution is 2.34. The summed E-state index contributed by atoms with van der Waals surface area (Å²) < 4.78 is 42.3. The van der Waals surface area contributed by atoms with Crippen molar-refractivity contribution in [2.75, 3.05) is 22.9 Å². The number of aryl methyl sites for hydroxylation is 3. The second-order valence-corrected chi connectivity index (χ2v) is 10.1. The highest BCUT2D eigenvalue weighted by Gasteiger charge is 2.31. The molecule has 1 aromatic heterocycles. The molecule has 8 nitrogen and oxygen atoms in total. The molecule has 0 fully saturated rings. The molecule has 1 aliphatic rings. The van der Waals surface area contributed by atoms with Gasteiger partial charge in [0.25, 0.3) is 0 Å². The standard InChI is InChI=1S/C29H33F3N6O2.ClH/c1-3-37(10-5-4-9-27(39)40)26-15-23-8-6-7-22(23)14-24(26)18-38(28-34-19-36(2)35-28)17-21-11-20(16-33)12-25(13-21)29(30,31)32;/h11-15,19H,3-10,17-18H2,1-2H3,(H,39,40);1H. The van der Waals surface area contributed by atoms with Crippen LogP contribution in [0.3, 0.4) is 0 Å². The number of benzene rings is 2. The predicted molar refractivity (Wildman–Crippen MR) is 152 cm³/mol. The summed E-state index contributed by atoms with van der Waals surface area (Å²) in [6.45, 7) is 3.88. The van der Waals surface area contributed by atoms with Crippen LogP contribution in [-0.2, 0) is 43.9 Å².